The highest BCUT2D eigenvalue weighted by Gasteiger charge is 2.44. The van der Waals surface area contributed by atoms with E-state index in [2.05, 4.69) is 28.4 Å². The molecule has 1 amide bonds. The van der Waals surface area contributed by atoms with Gasteiger partial charge >= 0.3 is 0 Å². The number of benzene rings is 1. The third kappa shape index (κ3) is 5.24. The monoisotopic (exact) mass is 477 g/mol. The van der Waals surface area contributed by atoms with Gasteiger partial charge in [0.1, 0.15) is 0 Å². The van der Waals surface area contributed by atoms with Crippen LogP contribution in [0.15, 0.2) is 41.3 Å². The molecule has 35 heavy (non-hydrogen) atoms. The Labute approximate surface area is 208 Å². The standard InChI is InChI=1S/C29H39N3O3/c1-31-15-13-22(18-28(31)33)24-12-14-30-19-26(24)29(34)32(23-10-11-23)27-7-3-6-21-9-8-20(17-25(21)27)5-4-16-35-2/h8-9,13,15,17-18,23-24,26-27,30H,3-7,10-12,14,16,19H2,1-2H3/t24-,26+,27?/m1/s1. The van der Waals surface area contributed by atoms with E-state index in [1.807, 2.05) is 12.3 Å². The Balaban J connectivity index is 1.44. The van der Waals surface area contributed by atoms with Gasteiger partial charge in [-0.25, -0.2) is 0 Å². The second-order valence-corrected chi connectivity index (χ2v) is 10.6. The molecule has 2 heterocycles. The summed E-state index contributed by atoms with van der Waals surface area (Å²) in [5.41, 5.74) is 5.11. The predicted octanol–water partition coefficient (Wildman–Crippen LogP) is 3.73. The molecule has 1 saturated carbocycles. The number of amides is 1. The van der Waals surface area contributed by atoms with Crippen molar-refractivity contribution in [3.05, 3.63) is 69.1 Å². The Morgan fingerprint density at radius 1 is 1.17 bits per heavy atom. The molecule has 1 unspecified atom stereocenters. The Bertz CT molecular complexity index is 1110. The number of aromatic nitrogens is 1. The number of hydrogen-bond acceptors (Lipinski definition) is 4. The molecule has 0 spiro atoms. The third-order valence-electron chi connectivity index (χ3n) is 8.19. The molecule has 3 aliphatic rings. The number of aryl methyl sites for hydroxylation is 3. The third-order valence-corrected chi connectivity index (χ3v) is 8.19. The van der Waals surface area contributed by atoms with Crippen molar-refractivity contribution in [1.29, 1.82) is 0 Å². The van der Waals surface area contributed by atoms with Crippen LogP contribution in [0.5, 0.6) is 0 Å². The van der Waals surface area contributed by atoms with Gasteiger partial charge in [-0.2, -0.15) is 0 Å². The number of hydrogen-bond donors (Lipinski definition) is 1. The van der Waals surface area contributed by atoms with Crippen molar-refractivity contribution in [3.63, 3.8) is 0 Å². The van der Waals surface area contributed by atoms with E-state index < -0.39 is 0 Å². The molecule has 2 aromatic rings. The average Bonchev–Trinajstić information content (AvgIpc) is 3.71. The number of piperidine rings is 1. The zero-order valence-electron chi connectivity index (χ0n) is 21.2. The minimum absolute atomic E-state index is 0.00603. The highest BCUT2D eigenvalue weighted by atomic mass is 16.5. The van der Waals surface area contributed by atoms with E-state index >= 15 is 0 Å². The second kappa shape index (κ2) is 10.7. The summed E-state index contributed by atoms with van der Waals surface area (Å²) >= 11 is 0. The van der Waals surface area contributed by atoms with Crippen molar-refractivity contribution >= 4 is 5.91 Å². The van der Waals surface area contributed by atoms with Gasteiger partial charge in [-0.05, 0) is 92.1 Å². The van der Waals surface area contributed by atoms with Gasteiger partial charge in [-0.3, -0.25) is 9.59 Å². The molecule has 1 N–H and O–H groups in total. The molecule has 5 rings (SSSR count). The fourth-order valence-corrected chi connectivity index (χ4v) is 6.13. The minimum atomic E-state index is -0.133. The van der Waals surface area contributed by atoms with Crippen LogP contribution >= 0.6 is 0 Å². The first kappa shape index (κ1) is 24.3. The Hall–Kier alpha value is -2.44. The van der Waals surface area contributed by atoms with Crippen molar-refractivity contribution in [2.24, 2.45) is 13.0 Å². The number of carbonyl (C=O) groups excluding carboxylic acids is 1. The van der Waals surface area contributed by atoms with Gasteiger partial charge in [0.15, 0.2) is 0 Å². The van der Waals surface area contributed by atoms with Crippen LogP contribution < -0.4 is 10.9 Å². The van der Waals surface area contributed by atoms with Crippen LogP contribution in [-0.4, -0.2) is 48.2 Å². The normalized spacial score (nSPS) is 24.1. The van der Waals surface area contributed by atoms with E-state index in [0.29, 0.717) is 12.6 Å². The van der Waals surface area contributed by atoms with Crippen LogP contribution in [0.25, 0.3) is 0 Å². The van der Waals surface area contributed by atoms with Crippen molar-refractivity contribution in [3.8, 4) is 0 Å². The maximum Gasteiger partial charge on any atom is 0.250 e. The van der Waals surface area contributed by atoms with E-state index in [0.717, 1.165) is 70.1 Å². The van der Waals surface area contributed by atoms with Crippen LogP contribution in [0.2, 0.25) is 0 Å². The predicted molar refractivity (Wildman–Crippen MR) is 138 cm³/mol. The number of carbonyl (C=O) groups is 1. The molecule has 3 atom stereocenters. The summed E-state index contributed by atoms with van der Waals surface area (Å²) in [7, 11) is 3.53. The first-order valence-corrected chi connectivity index (χ1v) is 13.4. The molecule has 188 valence electrons. The number of fused-ring (bicyclic) bond motifs is 1. The lowest BCUT2D eigenvalue weighted by Gasteiger charge is -2.41. The molecule has 0 radical (unpaired) electrons. The lowest BCUT2D eigenvalue weighted by molar-refractivity contribution is -0.140. The number of ether oxygens (including phenoxy) is 1. The zero-order valence-corrected chi connectivity index (χ0v) is 21.2. The van der Waals surface area contributed by atoms with Gasteiger partial charge in [0, 0.05) is 45.6 Å². The molecule has 1 aliphatic heterocycles. The number of nitrogens with zero attached hydrogens (tertiary/aromatic N) is 2. The van der Waals surface area contributed by atoms with Crippen molar-refractivity contribution in [2.45, 2.75) is 69.4 Å². The van der Waals surface area contributed by atoms with Crippen molar-refractivity contribution in [2.75, 3.05) is 26.8 Å². The van der Waals surface area contributed by atoms with Crippen LogP contribution in [0, 0.1) is 5.92 Å². The molecule has 1 aromatic carbocycles. The fourth-order valence-electron chi connectivity index (χ4n) is 6.13. The highest BCUT2D eigenvalue weighted by Crippen LogP contribution is 2.44. The van der Waals surface area contributed by atoms with Gasteiger partial charge in [-0.1, -0.05) is 18.2 Å². The smallest absolute Gasteiger partial charge is 0.250 e. The molecule has 1 saturated heterocycles. The highest BCUT2D eigenvalue weighted by molar-refractivity contribution is 5.81. The van der Waals surface area contributed by atoms with Crippen LogP contribution in [0.3, 0.4) is 0 Å². The number of methoxy groups -OCH3 is 1. The molecule has 1 aromatic heterocycles. The molecular weight excluding hydrogens is 438 g/mol. The van der Waals surface area contributed by atoms with Crippen LogP contribution in [-0.2, 0) is 29.4 Å². The first-order chi connectivity index (χ1) is 17.1. The van der Waals surface area contributed by atoms with Gasteiger partial charge in [0.05, 0.1) is 12.0 Å². The number of nitrogens with one attached hydrogen (secondary N) is 1. The topological polar surface area (TPSA) is 63.6 Å². The van der Waals surface area contributed by atoms with E-state index in [-0.39, 0.29) is 29.3 Å². The maximum atomic E-state index is 14.3. The van der Waals surface area contributed by atoms with E-state index in [1.54, 1.807) is 24.8 Å². The zero-order chi connectivity index (χ0) is 24.4. The summed E-state index contributed by atoms with van der Waals surface area (Å²) in [4.78, 5) is 28.9. The van der Waals surface area contributed by atoms with Crippen LogP contribution in [0.1, 0.15) is 72.7 Å². The molecule has 2 fully saturated rings. The van der Waals surface area contributed by atoms with Crippen molar-refractivity contribution in [1.82, 2.24) is 14.8 Å². The Morgan fingerprint density at radius 2 is 2.03 bits per heavy atom. The molecule has 6 nitrogen and oxygen atoms in total. The largest absolute Gasteiger partial charge is 0.385 e. The Kier molecular flexibility index (Phi) is 7.40. The summed E-state index contributed by atoms with van der Waals surface area (Å²) in [6.45, 7) is 2.33. The number of pyridine rings is 1. The van der Waals surface area contributed by atoms with Gasteiger partial charge < -0.3 is 19.5 Å². The SMILES string of the molecule is COCCCc1ccc2c(c1)C(N(C(=O)[C@H]1CNCC[C@@H]1c1ccn(C)c(=O)c1)C1CC1)CCC2. The van der Waals surface area contributed by atoms with E-state index in [4.69, 9.17) is 4.74 Å². The summed E-state index contributed by atoms with van der Waals surface area (Å²) in [6, 6.07) is 11.2. The van der Waals surface area contributed by atoms with Gasteiger partial charge in [0.2, 0.25) is 5.91 Å². The van der Waals surface area contributed by atoms with E-state index in [9.17, 15) is 9.59 Å². The summed E-state index contributed by atoms with van der Waals surface area (Å²) < 4.78 is 6.85. The second-order valence-electron chi connectivity index (χ2n) is 10.6. The average molecular weight is 478 g/mol. The maximum absolute atomic E-state index is 14.3. The summed E-state index contributed by atoms with van der Waals surface area (Å²) in [5, 5.41) is 3.47. The summed E-state index contributed by atoms with van der Waals surface area (Å²) in [5.74, 6) is 0.224. The van der Waals surface area contributed by atoms with Gasteiger partial charge in [0.25, 0.3) is 5.56 Å². The fraction of sp³-hybridized carbons (Fsp3) is 0.586. The minimum Gasteiger partial charge on any atom is -0.385 e. The number of rotatable bonds is 8. The lowest BCUT2D eigenvalue weighted by atomic mass is 9.79. The summed E-state index contributed by atoms with van der Waals surface area (Å²) in [6.07, 6.45) is 10.2. The van der Waals surface area contributed by atoms with E-state index in [1.165, 1.54) is 16.7 Å². The van der Waals surface area contributed by atoms with Gasteiger partial charge in [-0.15, -0.1) is 0 Å². The Morgan fingerprint density at radius 3 is 2.80 bits per heavy atom. The lowest BCUT2D eigenvalue weighted by Crippen LogP contribution is -2.49. The van der Waals surface area contributed by atoms with Crippen molar-refractivity contribution < 1.29 is 9.53 Å². The molecule has 6 heteroatoms. The molecule has 2 aliphatic carbocycles. The van der Waals surface area contributed by atoms with Crippen LogP contribution in [0.4, 0.5) is 0 Å². The molecule has 0 bridgehead atoms. The quantitative estimate of drug-likeness (QED) is 0.589. The first-order valence-electron chi connectivity index (χ1n) is 13.4. The molecular formula is C29H39N3O3.